The number of ketones is 1. The van der Waals surface area contributed by atoms with Gasteiger partial charge in [0.1, 0.15) is 5.78 Å². The molecule has 1 N–H and O–H groups in total. The van der Waals surface area contributed by atoms with E-state index in [9.17, 15) is 9.59 Å². The summed E-state index contributed by atoms with van der Waals surface area (Å²) in [6.45, 7) is 3.63. The lowest BCUT2D eigenvalue weighted by atomic mass is 9.83. The van der Waals surface area contributed by atoms with E-state index in [2.05, 4.69) is 0 Å². The zero-order valence-electron chi connectivity index (χ0n) is 7.46. The molecular formula is C9H14O3. The second-order valence-corrected chi connectivity index (χ2v) is 3.94. The highest BCUT2D eigenvalue weighted by Gasteiger charge is 2.43. The molecule has 0 amide bonds. The minimum Gasteiger partial charge on any atom is -0.481 e. The first-order valence-corrected chi connectivity index (χ1v) is 4.22. The lowest BCUT2D eigenvalue weighted by molar-refractivity contribution is -0.143. The van der Waals surface area contributed by atoms with E-state index in [0.29, 0.717) is 0 Å². The molecule has 0 aromatic rings. The summed E-state index contributed by atoms with van der Waals surface area (Å²) in [7, 11) is 0. The molecule has 0 aliphatic heterocycles. The quantitative estimate of drug-likeness (QED) is 0.682. The fraction of sp³-hybridized carbons (Fsp3) is 0.778. The maximum absolute atomic E-state index is 11.5. The number of rotatable bonds is 2. The van der Waals surface area contributed by atoms with Gasteiger partial charge in [-0.05, 0) is 12.8 Å². The average molecular weight is 170 g/mol. The maximum Gasteiger partial charge on any atom is 0.304 e. The van der Waals surface area contributed by atoms with Crippen LogP contribution in [0, 0.1) is 11.3 Å². The van der Waals surface area contributed by atoms with Crippen molar-refractivity contribution in [1.82, 2.24) is 0 Å². The number of aliphatic carboxylic acids is 1. The van der Waals surface area contributed by atoms with Crippen LogP contribution in [0.4, 0.5) is 0 Å². The lowest BCUT2D eigenvalue weighted by Gasteiger charge is -2.19. The summed E-state index contributed by atoms with van der Waals surface area (Å²) in [6, 6.07) is 0. The predicted molar refractivity (Wildman–Crippen MR) is 43.8 cm³/mol. The van der Waals surface area contributed by atoms with Gasteiger partial charge in [-0.1, -0.05) is 13.8 Å². The van der Waals surface area contributed by atoms with Crippen LogP contribution in [-0.4, -0.2) is 16.9 Å². The number of Topliss-reactive ketones (excluding diaryl/α,β-unsaturated/α-hetero) is 1. The molecule has 3 nitrogen and oxygen atoms in total. The molecule has 0 aromatic heterocycles. The molecule has 0 bridgehead atoms. The minimum atomic E-state index is -0.875. The average Bonchev–Trinajstić information content (AvgIpc) is 2.16. The number of hydrogen-bond donors (Lipinski definition) is 1. The third-order valence-corrected chi connectivity index (χ3v) is 2.71. The van der Waals surface area contributed by atoms with Crippen LogP contribution in [-0.2, 0) is 9.59 Å². The fourth-order valence-corrected chi connectivity index (χ4v) is 1.89. The predicted octanol–water partition coefficient (Wildman–Crippen LogP) is 1.47. The molecule has 1 aliphatic rings. The van der Waals surface area contributed by atoms with Crippen LogP contribution in [0.3, 0.4) is 0 Å². The van der Waals surface area contributed by atoms with Crippen LogP contribution in [0.2, 0.25) is 0 Å². The summed E-state index contributed by atoms with van der Waals surface area (Å²) < 4.78 is 0. The zero-order valence-corrected chi connectivity index (χ0v) is 7.46. The SMILES string of the molecule is CC1CCC(C)(CC(=O)O)C1=O. The number of carbonyl (C=O) groups is 2. The van der Waals surface area contributed by atoms with Gasteiger partial charge < -0.3 is 5.11 Å². The van der Waals surface area contributed by atoms with E-state index in [-0.39, 0.29) is 18.1 Å². The summed E-state index contributed by atoms with van der Waals surface area (Å²) in [5, 5.41) is 8.59. The molecule has 0 aromatic carbocycles. The molecule has 1 fully saturated rings. The topological polar surface area (TPSA) is 54.4 Å². The Labute approximate surface area is 71.8 Å². The largest absolute Gasteiger partial charge is 0.481 e. The minimum absolute atomic E-state index is 0.0177. The van der Waals surface area contributed by atoms with Gasteiger partial charge in [-0.25, -0.2) is 0 Å². The summed E-state index contributed by atoms with van der Waals surface area (Å²) in [4.78, 5) is 22.0. The third-order valence-electron chi connectivity index (χ3n) is 2.71. The summed E-state index contributed by atoms with van der Waals surface area (Å²) in [5.74, 6) is -0.709. The van der Waals surface area contributed by atoms with Gasteiger partial charge in [0.15, 0.2) is 0 Å². The molecule has 0 spiro atoms. The molecule has 2 unspecified atom stereocenters. The molecule has 0 radical (unpaired) electrons. The van der Waals surface area contributed by atoms with Gasteiger partial charge in [0.05, 0.1) is 6.42 Å². The molecule has 2 atom stereocenters. The van der Waals surface area contributed by atoms with Crippen molar-refractivity contribution in [2.24, 2.45) is 11.3 Å². The molecule has 0 saturated heterocycles. The first-order valence-electron chi connectivity index (χ1n) is 4.22. The van der Waals surface area contributed by atoms with Crippen molar-refractivity contribution >= 4 is 11.8 Å². The second kappa shape index (κ2) is 2.88. The Morgan fingerprint density at radius 2 is 2.33 bits per heavy atom. The van der Waals surface area contributed by atoms with Crippen LogP contribution in [0.15, 0.2) is 0 Å². The Balaban J connectivity index is 2.72. The number of carboxylic acids is 1. The van der Waals surface area contributed by atoms with Gasteiger partial charge in [0.2, 0.25) is 0 Å². The molecule has 3 heteroatoms. The van der Waals surface area contributed by atoms with Crippen LogP contribution in [0.1, 0.15) is 33.1 Å². The Kier molecular flexibility index (Phi) is 2.22. The van der Waals surface area contributed by atoms with Crippen LogP contribution in [0.5, 0.6) is 0 Å². The van der Waals surface area contributed by atoms with E-state index >= 15 is 0 Å². The van der Waals surface area contributed by atoms with E-state index in [4.69, 9.17) is 5.11 Å². The van der Waals surface area contributed by atoms with E-state index in [1.807, 2.05) is 6.92 Å². The third kappa shape index (κ3) is 1.49. The van der Waals surface area contributed by atoms with Gasteiger partial charge in [-0.15, -0.1) is 0 Å². The molecular weight excluding hydrogens is 156 g/mol. The summed E-state index contributed by atoms with van der Waals surface area (Å²) in [5.41, 5.74) is -0.592. The molecule has 1 aliphatic carbocycles. The van der Waals surface area contributed by atoms with Crippen molar-refractivity contribution < 1.29 is 14.7 Å². The van der Waals surface area contributed by atoms with Gasteiger partial charge in [0, 0.05) is 11.3 Å². The Morgan fingerprint density at radius 3 is 2.67 bits per heavy atom. The molecule has 1 saturated carbocycles. The first-order chi connectivity index (χ1) is 5.46. The van der Waals surface area contributed by atoms with Crippen molar-refractivity contribution in [3.8, 4) is 0 Å². The highest BCUT2D eigenvalue weighted by Crippen LogP contribution is 2.40. The number of hydrogen-bond acceptors (Lipinski definition) is 2. The molecule has 0 heterocycles. The first kappa shape index (κ1) is 9.23. The Hall–Kier alpha value is -0.860. The van der Waals surface area contributed by atoms with Crippen molar-refractivity contribution in [1.29, 1.82) is 0 Å². The van der Waals surface area contributed by atoms with Crippen LogP contribution >= 0.6 is 0 Å². The van der Waals surface area contributed by atoms with E-state index in [1.165, 1.54) is 0 Å². The van der Waals surface area contributed by atoms with E-state index in [1.54, 1.807) is 6.92 Å². The highest BCUT2D eigenvalue weighted by molar-refractivity contribution is 5.91. The van der Waals surface area contributed by atoms with Crippen molar-refractivity contribution in [2.45, 2.75) is 33.1 Å². The van der Waals surface area contributed by atoms with Crippen molar-refractivity contribution in [3.05, 3.63) is 0 Å². The zero-order chi connectivity index (χ0) is 9.35. The molecule has 12 heavy (non-hydrogen) atoms. The van der Waals surface area contributed by atoms with Gasteiger partial charge in [0.25, 0.3) is 0 Å². The van der Waals surface area contributed by atoms with Crippen LogP contribution in [0.25, 0.3) is 0 Å². The number of carbonyl (C=O) groups excluding carboxylic acids is 1. The standard InChI is InChI=1S/C9H14O3/c1-6-3-4-9(2,8(6)12)5-7(10)11/h6H,3-5H2,1-2H3,(H,10,11). The van der Waals surface area contributed by atoms with Gasteiger partial charge >= 0.3 is 5.97 Å². The monoisotopic (exact) mass is 170 g/mol. The highest BCUT2D eigenvalue weighted by atomic mass is 16.4. The smallest absolute Gasteiger partial charge is 0.304 e. The Morgan fingerprint density at radius 1 is 1.75 bits per heavy atom. The summed E-state index contributed by atoms with van der Waals surface area (Å²) >= 11 is 0. The van der Waals surface area contributed by atoms with E-state index < -0.39 is 11.4 Å². The van der Waals surface area contributed by atoms with Crippen molar-refractivity contribution in [2.75, 3.05) is 0 Å². The molecule has 1 rings (SSSR count). The van der Waals surface area contributed by atoms with Crippen LogP contribution < -0.4 is 0 Å². The molecule has 68 valence electrons. The maximum atomic E-state index is 11.5. The normalized spacial score (nSPS) is 35.5. The summed E-state index contributed by atoms with van der Waals surface area (Å²) in [6.07, 6.45) is 1.54. The number of carboxylic acid groups (broad SMARTS) is 1. The second-order valence-electron chi connectivity index (χ2n) is 3.94. The lowest BCUT2D eigenvalue weighted by Crippen LogP contribution is -2.27. The van der Waals surface area contributed by atoms with Crippen molar-refractivity contribution in [3.63, 3.8) is 0 Å². The Bertz CT molecular complexity index is 222. The van der Waals surface area contributed by atoms with Gasteiger partial charge in [-0.3, -0.25) is 9.59 Å². The van der Waals surface area contributed by atoms with Gasteiger partial charge in [-0.2, -0.15) is 0 Å². The fourth-order valence-electron chi connectivity index (χ4n) is 1.89. The van der Waals surface area contributed by atoms with E-state index in [0.717, 1.165) is 12.8 Å².